The number of nitrogens with zero attached hydrogens (tertiary/aromatic N) is 3. The third kappa shape index (κ3) is 2.63. The van der Waals surface area contributed by atoms with Gasteiger partial charge in [0, 0.05) is 19.8 Å². The molecule has 0 aliphatic heterocycles. The second-order valence-corrected chi connectivity index (χ2v) is 6.15. The van der Waals surface area contributed by atoms with Crippen LogP contribution < -0.4 is 5.32 Å². The van der Waals surface area contributed by atoms with Gasteiger partial charge in [0.15, 0.2) is 0 Å². The Labute approximate surface area is 123 Å². The summed E-state index contributed by atoms with van der Waals surface area (Å²) in [4.78, 5) is 20.6. The Morgan fingerprint density at radius 2 is 2.25 bits per heavy atom. The Balaban J connectivity index is 2.52. The van der Waals surface area contributed by atoms with E-state index in [4.69, 9.17) is 11.6 Å². The molecule has 0 saturated carbocycles. The van der Waals surface area contributed by atoms with Crippen LogP contribution >= 0.6 is 11.6 Å². The summed E-state index contributed by atoms with van der Waals surface area (Å²) >= 11 is 6.22. The summed E-state index contributed by atoms with van der Waals surface area (Å²) in [6.45, 7) is 6.20. The molecule has 1 atom stereocenters. The molecule has 108 valence electrons. The first-order valence-corrected chi connectivity index (χ1v) is 6.97. The van der Waals surface area contributed by atoms with Crippen molar-refractivity contribution in [2.24, 2.45) is 5.41 Å². The lowest BCUT2D eigenvalue weighted by molar-refractivity contribution is -0.129. The van der Waals surface area contributed by atoms with E-state index in [0.717, 1.165) is 16.9 Å². The monoisotopic (exact) mass is 294 g/mol. The molecule has 0 saturated heterocycles. The van der Waals surface area contributed by atoms with Crippen molar-refractivity contribution < 1.29 is 4.79 Å². The minimum Gasteiger partial charge on any atom is -0.359 e. The topological polar surface area (TPSA) is 59.8 Å². The molecule has 0 bridgehead atoms. The van der Waals surface area contributed by atoms with Gasteiger partial charge >= 0.3 is 0 Å². The predicted molar refractivity (Wildman–Crippen MR) is 79.6 cm³/mol. The Kier molecular flexibility index (Phi) is 3.99. The Morgan fingerprint density at radius 1 is 1.55 bits per heavy atom. The highest BCUT2D eigenvalue weighted by molar-refractivity contribution is 6.20. The number of halogens is 1. The van der Waals surface area contributed by atoms with Crippen LogP contribution in [0.4, 0.5) is 0 Å². The number of fused-ring (bicyclic) bond motifs is 1. The third-order valence-electron chi connectivity index (χ3n) is 3.33. The maximum Gasteiger partial charge on any atom is 0.227 e. The summed E-state index contributed by atoms with van der Waals surface area (Å²) < 4.78 is 2.00. The molecule has 0 aliphatic carbocycles. The molecule has 2 aromatic heterocycles. The largest absolute Gasteiger partial charge is 0.359 e. The molecule has 2 heterocycles. The zero-order valence-electron chi connectivity index (χ0n) is 12.1. The van der Waals surface area contributed by atoms with E-state index in [2.05, 4.69) is 15.3 Å². The van der Waals surface area contributed by atoms with Gasteiger partial charge in [-0.15, -0.1) is 11.6 Å². The number of amides is 1. The molecule has 0 aromatic carbocycles. The standard InChI is InChI=1S/C14H19ClN4O/c1-9(15)12-18-10-7-17-6-5-11(10)19(12)8-14(2,3)13(20)16-4/h5-7,9H,8H2,1-4H3,(H,16,20). The summed E-state index contributed by atoms with van der Waals surface area (Å²) in [5, 5.41) is 2.46. The summed E-state index contributed by atoms with van der Waals surface area (Å²) in [5.74, 6) is 0.744. The smallest absolute Gasteiger partial charge is 0.227 e. The van der Waals surface area contributed by atoms with Crippen molar-refractivity contribution in [3.8, 4) is 0 Å². The van der Waals surface area contributed by atoms with E-state index in [9.17, 15) is 4.79 Å². The average Bonchev–Trinajstić information content (AvgIpc) is 2.76. The van der Waals surface area contributed by atoms with Gasteiger partial charge in [-0.1, -0.05) is 0 Å². The Bertz CT molecular complexity index is 633. The number of aromatic nitrogens is 3. The molecule has 0 aliphatic rings. The van der Waals surface area contributed by atoms with Crippen LogP contribution in [0.25, 0.3) is 11.0 Å². The van der Waals surface area contributed by atoms with Crippen molar-refractivity contribution >= 4 is 28.5 Å². The number of nitrogens with one attached hydrogen (secondary N) is 1. The lowest BCUT2D eigenvalue weighted by Crippen LogP contribution is -2.38. The molecular formula is C14H19ClN4O. The molecule has 1 amide bonds. The molecule has 2 aromatic rings. The number of pyridine rings is 1. The number of hydrogen-bond acceptors (Lipinski definition) is 3. The fourth-order valence-electron chi connectivity index (χ4n) is 2.28. The molecule has 20 heavy (non-hydrogen) atoms. The third-order valence-corrected chi connectivity index (χ3v) is 3.53. The second kappa shape index (κ2) is 5.40. The summed E-state index contributed by atoms with van der Waals surface area (Å²) in [6.07, 6.45) is 3.43. The van der Waals surface area contributed by atoms with Gasteiger partial charge in [0.1, 0.15) is 11.3 Å². The minimum atomic E-state index is -0.549. The molecular weight excluding hydrogens is 276 g/mol. The minimum absolute atomic E-state index is 0.0124. The van der Waals surface area contributed by atoms with E-state index < -0.39 is 5.41 Å². The number of carbonyl (C=O) groups excluding carboxylic acids is 1. The molecule has 0 spiro atoms. The van der Waals surface area contributed by atoms with Gasteiger partial charge in [0.2, 0.25) is 5.91 Å². The van der Waals surface area contributed by atoms with Crippen molar-refractivity contribution in [2.45, 2.75) is 32.7 Å². The number of carbonyl (C=O) groups is 1. The van der Waals surface area contributed by atoms with Crippen molar-refractivity contribution in [1.29, 1.82) is 0 Å². The first kappa shape index (κ1) is 14.8. The average molecular weight is 295 g/mol. The molecule has 6 heteroatoms. The van der Waals surface area contributed by atoms with Crippen LogP contribution in [0.5, 0.6) is 0 Å². The number of imidazole rings is 1. The summed E-state index contributed by atoms with van der Waals surface area (Å²) in [6, 6.07) is 1.89. The van der Waals surface area contributed by atoms with E-state index >= 15 is 0 Å². The Hall–Kier alpha value is -1.62. The van der Waals surface area contributed by atoms with E-state index in [-0.39, 0.29) is 11.3 Å². The quantitative estimate of drug-likeness (QED) is 0.882. The van der Waals surface area contributed by atoms with Gasteiger partial charge in [-0.2, -0.15) is 0 Å². The summed E-state index contributed by atoms with van der Waals surface area (Å²) in [7, 11) is 1.64. The SMILES string of the molecule is CNC(=O)C(C)(C)Cn1c(C(C)Cl)nc2cnccc21. The van der Waals surface area contributed by atoms with E-state index in [1.165, 1.54) is 0 Å². The molecule has 1 unspecified atom stereocenters. The summed E-state index contributed by atoms with van der Waals surface area (Å²) in [5.41, 5.74) is 1.19. The highest BCUT2D eigenvalue weighted by atomic mass is 35.5. The molecule has 0 radical (unpaired) electrons. The normalized spacial score (nSPS) is 13.4. The van der Waals surface area contributed by atoms with Gasteiger partial charge in [-0.05, 0) is 26.8 Å². The van der Waals surface area contributed by atoms with Crippen LogP contribution in [-0.4, -0.2) is 27.5 Å². The predicted octanol–water partition coefficient (Wildman–Crippen LogP) is 2.50. The maximum absolute atomic E-state index is 12.0. The number of alkyl halides is 1. The van der Waals surface area contributed by atoms with Crippen LogP contribution in [0.3, 0.4) is 0 Å². The lowest BCUT2D eigenvalue weighted by Gasteiger charge is -2.25. The van der Waals surface area contributed by atoms with Crippen LogP contribution in [0, 0.1) is 5.41 Å². The van der Waals surface area contributed by atoms with Crippen LogP contribution in [0.15, 0.2) is 18.5 Å². The van der Waals surface area contributed by atoms with Crippen molar-refractivity contribution in [1.82, 2.24) is 19.9 Å². The number of hydrogen-bond donors (Lipinski definition) is 1. The molecule has 2 rings (SSSR count). The molecule has 1 N–H and O–H groups in total. The highest BCUT2D eigenvalue weighted by Gasteiger charge is 2.29. The highest BCUT2D eigenvalue weighted by Crippen LogP contribution is 2.28. The van der Waals surface area contributed by atoms with Crippen molar-refractivity contribution in [2.75, 3.05) is 7.05 Å². The fourth-order valence-corrected chi connectivity index (χ4v) is 2.44. The van der Waals surface area contributed by atoms with E-state index in [1.807, 2.05) is 31.4 Å². The van der Waals surface area contributed by atoms with Crippen LogP contribution in [0.2, 0.25) is 0 Å². The van der Waals surface area contributed by atoms with Crippen LogP contribution in [-0.2, 0) is 11.3 Å². The van der Waals surface area contributed by atoms with Crippen molar-refractivity contribution in [3.63, 3.8) is 0 Å². The number of rotatable bonds is 4. The zero-order chi connectivity index (χ0) is 14.9. The Morgan fingerprint density at radius 3 is 2.85 bits per heavy atom. The van der Waals surface area contributed by atoms with Gasteiger partial charge in [-0.25, -0.2) is 4.98 Å². The zero-order valence-corrected chi connectivity index (χ0v) is 12.9. The van der Waals surface area contributed by atoms with Gasteiger partial charge in [0.25, 0.3) is 0 Å². The molecule has 5 nitrogen and oxygen atoms in total. The van der Waals surface area contributed by atoms with Gasteiger partial charge < -0.3 is 9.88 Å². The van der Waals surface area contributed by atoms with Crippen molar-refractivity contribution in [3.05, 3.63) is 24.3 Å². The van der Waals surface area contributed by atoms with E-state index in [0.29, 0.717) is 6.54 Å². The van der Waals surface area contributed by atoms with Gasteiger partial charge in [-0.3, -0.25) is 9.78 Å². The second-order valence-electron chi connectivity index (χ2n) is 5.50. The van der Waals surface area contributed by atoms with Gasteiger partial charge in [0.05, 0.1) is 22.5 Å². The fraction of sp³-hybridized carbons (Fsp3) is 0.500. The van der Waals surface area contributed by atoms with E-state index in [1.54, 1.807) is 19.4 Å². The first-order valence-electron chi connectivity index (χ1n) is 6.53. The first-order chi connectivity index (χ1) is 9.36. The molecule has 0 fully saturated rings. The maximum atomic E-state index is 12.0. The van der Waals surface area contributed by atoms with Crippen LogP contribution in [0.1, 0.15) is 32.0 Å². The lowest BCUT2D eigenvalue weighted by atomic mass is 9.92.